The van der Waals surface area contributed by atoms with E-state index in [0.717, 1.165) is 44.2 Å². The highest BCUT2D eigenvalue weighted by Gasteiger charge is 2.21. The Balaban J connectivity index is 1.71. The zero-order valence-corrected chi connectivity index (χ0v) is 12.5. The van der Waals surface area contributed by atoms with Gasteiger partial charge < -0.3 is 15.4 Å². The van der Waals surface area contributed by atoms with Crippen molar-refractivity contribution >= 4 is 5.69 Å². The van der Waals surface area contributed by atoms with E-state index in [1.54, 1.807) is 0 Å². The molecule has 0 radical (unpaired) electrons. The molecule has 0 bridgehead atoms. The maximum atomic E-state index is 6.10. The fraction of sp³-hybridized carbons (Fsp3) is 0.647. The average Bonchev–Trinajstić information content (AvgIpc) is 2.39. The summed E-state index contributed by atoms with van der Waals surface area (Å²) in [6, 6.07) is 6.91. The molecule has 0 aromatic heterocycles. The maximum Gasteiger partial charge on any atom is 0.142 e. The number of benzene rings is 1. The first-order valence-corrected chi connectivity index (χ1v) is 7.96. The lowest BCUT2D eigenvalue weighted by Gasteiger charge is -2.34. The number of hydrogen-bond donors (Lipinski definition) is 1. The molecule has 0 amide bonds. The summed E-state index contributed by atoms with van der Waals surface area (Å²) >= 11 is 0. The van der Waals surface area contributed by atoms with E-state index in [0.29, 0.717) is 6.04 Å². The zero-order valence-electron chi connectivity index (χ0n) is 12.5. The Kier molecular flexibility index (Phi) is 4.16. The molecular weight excluding hydrogens is 248 g/mol. The number of ether oxygens (including phenoxy) is 1. The lowest BCUT2D eigenvalue weighted by Crippen LogP contribution is -2.39. The monoisotopic (exact) mass is 274 g/mol. The quantitative estimate of drug-likeness (QED) is 0.917. The van der Waals surface area contributed by atoms with Gasteiger partial charge in [0, 0.05) is 19.1 Å². The van der Waals surface area contributed by atoms with E-state index in [1.165, 1.54) is 30.5 Å². The van der Waals surface area contributed by atoms with Crippen LogP contribution >= 0.6 is 0 Å². The molecule has 3 heteroatoms. The van der Waals surface area contributed by atoms with Crippen molar-refractivity contribution in [3.05, 3.63) is 23.8 Å². The minimum atomic E-state index is 0.371. The smallest absolute Gasteiger partial charge is 0.142 e. The molecule has 110 valence electrons. The second-order valence-electron chi connectivity index (χ2n) is 6.40. The topological polar surface area (TPSA) is 38.5 Å². The van der Waals surface area contributed by atoms with Crippen LogP contribution in [0.3, 0.4) is 0 Å². The Morgan fingerprint density at radius 1 is 1.20 bits per heavy atom. The van der Waals surface area contributed by atoms with Crippen molar-refractivity contribution in [2.24, 2.45) is 11.7 Å². The number of nitrogens with two attached hydrogens (primary N) is 1. The van der Waals surface area contributed by atoms with Crippen LogP contribution in [-0.2, 0) is 0 Å². The molecule has 2 fully saturated rings. The van der Waals surface area contributed by atoms with Crippen molar-refractivity contribution in [2.45, 2.75) is 45.1 Å². The van der Waals surface area contributed by atoms with E-state index in [-0.39, 0.29) is 0 Å². The molecule has 1 saturated heterocycles. The summed E-state index contributed by atoms with van der Waals surface area (Å²) in [5.41, 5.74) is 8.57. The molecule has 3 nitrogen and oxygen atoms in total. The summed E-state index contributed by atoms with van der Waals surface area (Å²) in [4.78, 5) is 2.44. The molecular formula is C17H26N2O. The lowest BCUT2D eigenvalue weighted by molar-refractivity contribution is 0.181. The molecule has 3 rings (SSSR count). The van der Waals surface area contributed by atoms with Crippen LogP contribution in [0.15, 0.2) is 18.2 Å². The maximum absolute atomic E-state index is 6.10. The Bertz CT molecular complexity index is 448. The van der Waals surface area contributed by atoms with Crippen LogP contribution in [0.5, 0.6) is 5.75 Å². The third-order valence-corrected chi connectivity index (χ3v) is 4.69. The zero-order chi connectivity index (χ0) is 13.9. The van der Waals surface area contributed by atoms with Crippen LogP contribution in [0.25, 0.3) is 0 Å². The molecule has 1 saturated carbocycles. The molecule has 1 aliphatic carbocycles. The molecule has 2 N–H and O–H groups in total. The predicted octanol–water partition coefficient (Wildman–Crippen LogP) is 3.10. The minimum absolute atomic E-state index is 0.371. The van der Waals surface area contributed by atoms with E-state index >= 15 is 0 Å². The third-order valence-electron chi connectivity index (χ3n) is 4.69. The van der Waals surface area contributed by atoms with Crippen molar-refractivity contribution < 1.29 is 4.74 Å². The average molecular weight is 274 g/mol. The molecule has 1 aromatic rings. The molecule has 20 heavy (non-hydrogen) atoms. The summed E-state index contributed by atoms with van der Waals surface area (Å²) in [7, 11) is 0. The number of anilines is 1. The Labute approximate surface area is 122 Å². The van der Waals surface area contributed by atoms with Gasteiger partial charge in [-0.25, -0.2) is 0 Å². The SMILES string of the molecule is Cc1ccc(OCC2CCC2)c(N2CCC(N)CC2)c1. The fourth-order valence-electron chi connectivity index (χ4n) is 3.00. The number of piperidine rings is 1. The number of nitrogens with zero attached hydrogens (tertiary/aromatic N) is 1. The molecule has 0 atom stereocenters. The van der Waals surface area contributed by atoms with E-state index < -0.39 is 0 Å². The van der Waals surface area contributed by atoms with Gasteiger partial charge in [-0.2, -0.15) is 0 Å². The standard InChI is InChI=1S/C17H26N2O/c1-13-5-6-17(20-12-14-3-2-4-14)16(11-13)19-9-7-15(18)8-10-19/h5-6,11,14-15H,2-4,7-10,12,18H2,1H3. The minimum Gasteiger partial charge on any atom is -0.491 e. The molecule has 1 aromatic carbocycles. The Morgan fingerprint density at radius 3 is 2.60 bits per heavy atom. The number of aryl methyl sites for hydroxylation is 1. The van der Waals surface area contributed by atoms with Gasteiger partial charge in [-0.05, 0) is 56.2 Å². The van der Waals surface area contributed by atoms with E-state index in [9.17, 15) is 0 Å². The summed E-state index contributed by atoms with van der Waals surface area (Å²) in [5.74, 6) is 1.83. The van der Waals surface area contributed by atoms with Crippen molar-refractivity contribution in [3.63, 3.8) is 0 Å². The van der Waals surface area contributed by atoms with Gasteiger partial charge in [0.15, 0.2) is 0 Å². The first-order valence-electron chi connectivity index (χ1n) is 7.96. The molecule has 1 aliphatic heterocycles. The van der Waals surface area contributed by atoms with Gasteiger partial charge in [-0.15, -0.1) is 0 Å². The first-order chi connectivity index (χ1) is 9.72. The highest BCUT2D eigenvalue weighted by molar-refractivity contribution is 5.60. The Morgan fingerprint density at radius 2 is 1.95 bits per heavy atom. The third kappa shape index (κ3) is 3.09. The van der Waals surface area contributed by atoms with E-state index in [4.69, 9.17) is 10.5 Å². The summed E-state index contributed by atoms with van der Waals surface area (Å²) in [6.07, 6.45) is 6.20. The second-order valence-corrected chi connectivity index (χ2v) is 6.40. The first kappa shape index (κ1) is 13.7. The summed E-state index contributed by atoms with van der Waals surface area (Å²) in [5, 5.41) is 0. The van der Waals surface area contributed by atoms with Gasteiger partial charge in [0.1, 0.15) is 5.75 Å². The highest BCUT2D eigenvalue weighted by Crippen LogP contribution is 2.33. The van der Waals surface area contributed by atoms with Gasteiger partial charge in [-0.1, -0.05) is 12.5 Å². The van der Waals surface area contributed by atoms with E-state index in [2.05, 4.69) is 30.0 Å². The van der Waals surface area contributed by atoms with Crippen molar-refractivity contribution in [1.29, 1.82) is 0 Å². The number of rotatable bonds is 4. The van der Waals surface area contributed by atoms with Gasteiger partial charge in [0.05, 0.1) is 12.3 Å². The van der Waals surface area contributed by atoms with Crippen LogP contribution in [0.4, 0.5) is 5.69 Å². The molecule has 0 unspecified atom stereocenters. The van der Waals surface area contributed by atoms with Crippen molar-refractivity contribution in [1.82, 2.24) is 0 Å². The highest BCUT2D eigenvalue weighted by atomic mass is 16.5. The van der Waals surface area contributed by atoms with Gasteiger partial charge in [-0.3, -0.25) is 0 Å². The molecule has 2 aliphatic rings. The summed E-state index contributed by atoms with van der Waals surface area (Å²) in [6.45, 7) is 5.12. The summed E-state index contributed by atoms with van der Waals surface area (Å²) < 4.78 is 6.10. The number of hydrogen-bond acceptors (Lipinski definition) is 3. The van der Waals surface area contributed by atoms with Crippen molar-refractivity contribution in [3.8, 4) is 5.75 Å². The predicted molar refractivity (Wildman–Crippen MR) is 83.4 cm³/mol. The van der Waals surface area contributed by atoms with Gasteiger partial charge >= 0.3 is 0 Å². The van der Waals surface area contributed by atoms with Crippen LogP contribution in [-0.4, -0.2) is 25.7 Å². The second kappa shape index (κ2) is 6.04. The molecule has 1 heterocycles. The van der Waals surface area contributed by atoms with Crippen LogP contribution in [0.1, 0.15) is 37.7 Å². The normalized spacial score (nSPS) is 20.8. The van der Waals surface area contributed by atoms with Crippen LogP contribution < -0.4 is 15.4 Å². The van der Waals surface area contributed by atoms with Crippen LogP contribution in [0, 0.1) is 12.8 Å². The lowest BCUT2D eigenvalue weighted by atomic mass is 9.86. The molecule has 0 spiro atoms. The van der Waals surface area contributed by atoms with Gasteiger partial charge in [0.25, 0.3) is 0 Å². The fourth-order valence-corrected chi connectivity index (χ4v) is 3.00. The van der Waals surface area contributed by atoms with Gasteiger partial charge in [0.2, 0.25) is 0 Å². The largest absolute Gasteiger partial charge is 0.491 e. The van der Waals surface area contributed by atoms with E-state index in [1.807, 2.05) is 0 Å². The Hall–Kier alpha value is -1.22. The van der Waals surface area contributed by atoms with Crippen molar-refractivity contribution in [2.75, 3.05) is 24.6 Å². The van der Waals surface area contributed by atoms with Crippen LogP contribution in [0.2, 0.25) is 0 Å².